The predicted octanol–water partition coefficient (Wildman–Crippen LogP) is 2.46. The van der Waals surface area contributed by atoms with E-state index in [-0.39, 0.29) is 17.4 Å². The average molecular weight is 329 g/mol. The quantitative estimate of drug-likeness (QED) is 0.747. The molecule has 1 unspecified atom stereocenters. The number of carbonyl (C=O) groups is 2. The Morgan fingerprint density at radius 3 is 2.68 bits per heavy atom. The van der Waals surface area contributed by atoms with Gasteiger partial charge in [0.1, 0.15) is 0 Å². The smallest absolute Gasteiger partial charge is 0.337 e. The van der Waals surface area contributed by atoms with Gasteiger partial charge in [0.15, 0.2) is 0 Å². The first kappa shape index (κ1) is 15.7. The highest BCUT2D eigenvalue weighted by Gasteiger charge is 2.15. The first-order valence-electron chi connectivity index (χ1n) is 6.00. The van der Waals surface area contributed by atoms with Crippen molar-refractivity contribution in [1.82, 2.24) is 0 Å². The normalized spacial score (nSPS) is 11.9. The fourth-order valence-electron chi connectivity index (χ4n) is 1.66. The zero-order valence-electron chi connectivity index (χ0n) is 10.6. The minimum absolute atomic E-state index is 0.0670. The number of nitrogens with one attached hydrogen (secondary N) is 1. The summed E-state index contributed by atoms with van der Waals surface area (Å²) in [4.78, 5) is 22.9. The first-order chi connectivity index (χ1) is 8.97. The molecule has 0 heterocycles. The van der Waals surface area contributed by atoms with E-state index in [1.165, 1.54) is 6.07 Å². The summed E-state index contributed by atoms with van der Waals surface area (Å²) in [7, 11) is 0. The maximum atomic E-state index is 11.9. The van der Waals surface area contributed by atoms with Crippen molar-refractivity contribution in [1.29, 1.82) is 0 Å². The van der Waals surface area contributed by atoms with E-state index >= 15 is 0 Å². The van der Waals surface area contributed by atoms with E-state index in [9.17, 15) is 9.59 Å². The molecule has 0 aliphatic rings. The van der Waals surface area contributed by atoms with Gasteiger partial charge in [-0.2, -0.15) is 0 Å². The van der Waals surface area contributed by atoms with Crippen LogP contribution in [0.3, 0.4) is 0 Å². The number of carbonyl (C=O) groups excluding carboxylic acids is 1. The van der Waals surface area contributed by atoms with Crippen LogP contribution in [0.4, 0.5) is 5.69 Å². The van der Waals surface area contributed by atoms with Gasteiger partial charge in [-0.05, 0) is 30.7 Å². The van der Waals surface area contributed by atoms with Crippen molar-refractivity contribution in [2.75, 3.05) is 11.9 Å². The minimum Gasteiger partial charge on any atom is -0.478 e. The Morgan fingerprint density at radius 1 is 1.47 bits per heavy atom. The molecule has 0 aliphatic heterocycles. The van der Waals surface area contributed by atoms with Gasteiger partial charge in [-0.3, -0.25) is 4.79 Å². The predicted molar refractivity (Wildman–Crippen MR) is 77.2 cm³/mol. The minimum atomic E-state index is -1.08. The van der Waals surface area contributed by atoms with E-state index < -0.39 is 5.97 Å². The van der Waals surface area contributed by atoms with E-state index in [0.717, 1.165) is 6.42 Å². The molecule has 0 fully saturated rings. The maximum absolute atomic E-state index is 11.9. The lowest BCUT2D eigenvalue weighted by molar-refractivity contribution is -0.117. The fraction of sp³-hybridized carbons (Fsp3) is 0.385. The largest absolute Gasteiger partial charge is 0.478 e. The monoisotopic (exact) mass is 328 g/mol. The number of hydrogen-bond donors (Lipinski definition) is 3. The summed E-state index contributed by atoms with van der Waals surface area (Å²) >= 11 is 3.25. The lowest BCUT2D eigenvalue weighted by Crippen LogP contribution is -2.22. The number of carboxylic acids is 1. The Labute approximate surface area is 120 Å². The van der Waals surface area contributed by atoms with Gasteiger partial charge in [-0.15, -0.1) is 0 Å². The SMILES string of the molecule is CCC(CN)CC(=O)Nc1cc(Br)ccc1C(=O)O. The number of benzene rings is 1. The number of carboxylic acid groups (broad SMARTS) is 1. The van der Waals surface area contributed by atoms with E-state index in [1.807, 2.05) is 6.92 Å². The van der Waals surface area contributed by atoms with Crippen molar-refractivity contribution >= 4 is 33.5 Å². The lowest BCUT2D eigenvalue weighted by atomic mass is 10.0. The molecule has 0 saturated carbocycles. The molecule has 1 aromatic carbocycles. The molecule has 5 nitrogen and oxygen atoms in total. The van der Waals surface area contributed by atoms with Crippen LogP contribution >= 0.6 is 15.9 Å². The highest BCUT2D eigenvalue weighted by Crippen LogP contribution is 2.22. The van der Waals surface area contributed by atoms with Gasteiger partial charge in [-0.1, -0.05) is 29.3 Å². The van der Waals surface area contributed by atoms with Crippen LogP contribution in [0.5, 0.6) is 0 Å². The Morgan fingerprint density at radius 2 is 2.16 bits per heavy atom. The third-order valence-electron chi connectivity index (χ3n) is 2.87. The second kappa shape index (κ2) is 7.25. The standard InChI is InChI=1S/C13H17BrN2O3/c1-2-8(7-15)5-12(17)16-11-6-9(14)3-4-10(11)13(18)19/h3-4,6,8H,2,5,7,15H2,1H3,(H,16,17)(H,18,19). The van der Waals surface area contributed by atoms with Crippen LogP contribution < -0.4 is 11.1 Å². The number of amides is 1. The molecule has 104 valence electrons. The van der Waals surface area contributed by atoms with Crippen LogP contribution in [0.1, 0.15) is 30.1 Å². The molecule has 6 heteroatoms. The van der Waals surface area contributed by atoms with Crippen LogP contribution in [0, 0.1) is 5.92 Å². The maximum Gasteiger partial charge on any atom is 0.337 e. The third kappa shape index (κ3) is 4.65. The molecule has 1 aromatic rings. The van der Waals surface area contributed by atoms with E-state index in [2.05, 4.69) is 21.2 Å². The molecule has 1 amide bonds. The molecule has 1 rings (SSSR count). The van der Waals surface area contributed by atoms with Crippen molar-refractivity contribution in [2.24, 2.45) is 11.7 Å². The number of hydrogen-bond acceptors (Lipinski definition) is 3. The van der Waals surface area contributed by atoms with Gasteiger partial charge < -0.3 is 16.2 Å². The number of rotatable bonds is 6. The van der Waals surface area contributed by atoms with Gasteiger partial charge in [0.2, 0.25) is 5.91 Å². The molecule has 0 aliphatic carbocycles. The third-order valence-corrected chi connectivity index (χ3v) is 3.36. The lowest BCUT2D eigenvalue weighted by Gasteiger charge is -2.13. The molecule has 0 bridgehead atoms. The van der Waals surface area contributed by atoms with Crippen molar-refractivity contribution in [3.8, 4) is 0 Å². The van der Waals surface area contributed by atoms with Gasteiger partial charge >= 0.3 is 5.97 Å². The summed E-state index contributed by atoms with van der Waals surface area (Å²) in [6, 6.07) is 4.64. The molecular weight excluding hydrogens is 312 g/mol. The van der Waals surface area contributed by atoms with Gasteiger partial charge in [0.05, 0.1) is 11.3 Å². The molecule has 19 heavy (non-hydrogen) atoms. The molecular formula is C13H17BrN2O3. The topological polar surface area (TPSA) is 92.4 Å². The van der Waals surface area contributed by atoms with Crippen molar-refractivity contribution in [2.45, 2.75) is 19.8 Å². The zero-order chi connectivity index (χ0) is 14.4. The molecule has 0 spiro atoms. The number of nitrogens with two attached hydrogens (primary N) is 1. The highest BCUT2D eigenvalue weighted by atomic mass is 79.9. The van der Waals surface area contributed by atoms with E-state index in [0.29, 0.717) is 23.1 Å². The molecule has 4 N–H and O–H groups in total. The number of aromatic carboxylic acids is 1. The summed E-state index contributed by atoms with van der Waals surface area (Å²) in [5, 5.41) is 11.7. The van der Waals surface area contributed by atoms with Crippen LogP contribution in [0.15, 0.2) is 22.7 Å². The van der Waals surface area contributed by atoms with Gasteiger partial charge in [0, 0.05) is 10.9 Å². The number of halogens is 1. The summed E-state index contributed by atoms with van der Waals surface area (Å²) in [6.07, 6.45) is 1.10. The summed E-state index contributed by atoms with van der Waals surface area (Å²) in [5.74, 6) is -1.19. The second-order valence-electron chi connectivity index (χ2n) is 4.26. The van der Waals surface area contributed by atoms with Gasteiger partial charge in [0.25, 0.3) is 0 Å². The molecule has 0 saturated heterocycles. The number of anilines is 1. The van der Waals surface area contributed by atoms with Crippen LogP contribution in [-0.4, -0.2) is 23.5 Å². The summed E-state index contributed by atoms with van der Waals surface area (Å²) in [5.41, 5.74) is 5.90. The van der Waals surface area contributed by atoms with Crippen molar-refractivity contribution < 1.29 is 14.7 Å². The van der Waals surface area contributed by atoms with Crippen LogP contribution in [-0.2, 0) is 4.79 Å². The summed E-state index contributed by atoms with van der Waals surface area (Å²) < 4.78 is 0.707. The van der Waals surface area contributed by atoms with Crippen molar-refractivity contribution in [3.05, 3.63) is 28.2 Å². The Kier molecular flexibility index (Phi) is 5.98. The zero-order valence-corrected chi connectivity index (χ0v) is 12.2. The Bertz CT molecular complexity index is 473. The van der Waals surface area contributed by atoms with Crippen molar-refractivity contribution in [3.63, 3.8) is 0 Å². The molecule has 1 atom stereocenters. The summed E-state index contributed by atoms with van der Waals surface area (Å²) in [6.45, 7) is 2.40. The molecule has 0 aromatic heterocycles. The highest BCUT2D eigenvalue weighted by molar-refractivity contribution is 9.10. The van der Waals surface area contributed by atoms with Crippen LogP contribution in [0.25, 0.3) is 0 Å². The Balaban J connectivity index is 2.83. The fourth-order valence-corrected chi connectivity index (χ4v) is 2.03. The van der Waals surface area contributed by atoms with Gasteiger partial charge in [-0.25, -0.2) is 4.79 Å². The first-order valence-corrected chi connectivity index (χ1v) is 6.80. The second-order valence-corrected chi connectivity index (χ2v) is 5.17. The van der Waals surface area contributed by atoms with Crippen LogP contribution in [0.2, 0.25) is 0 Å². The van der Waals surface area contributed by atoms with E-state index in [1.54, 1.807) is 12.1 Å². The average Bonchev–Trinajstić information content (AvgIpc) is 2.35. The molecule has 0 radical (unpaired) electrons. The Hall–Kier alpha value is -1.40. The van der Waals surface area contributed by atoms with E-state index in [4.69, 9.17) is 10.8 Å².